The van der Waals surface area contributed by atoms with Gasteiger partial charge in [-0.25, -0.2) is 12.8 Å². The third kappa shape index (κ3) is 4.89. The predicted octanol–water partition coefficient (Wildman–Crippen LogP) is 2.95. The van der Waals surface area contributed by atoms with E-state index in [0.717, 1.165) is 11.6 Å². The summed E-state index contributed by atoms with van der Waals surface area (Å²) in [5.74, 6) is -0.964. The van der Waals surface area contributed by atoms with Crippen molar-refractivity contribution in [3.05, 3.63) is 90.0 Å². The van der Waals surface area contributed by atoms with Gasteiger partial charge >= 0.3 is 0 Å². The molecule has 0 unspecified atom stereocenters. The van der Waals surface area contributed by atoms with Crippen LogP contribution in [0.2, 0.25) is 0 Å². The number of carbonyl (C=O) groups is 1. The number of aromatic nitrogens is 1. The van der Waals surface area contributed by atoms with Gasteiger partial charge in [0.05, 0.1) is 10.6 Å². The van der Waals surface area contributed by atoms with E-state index >= 15 is 0 Å². The molecule has 0 bridgehead atoms. The molecule has 1 amide bonds. The predicted molar refractivity (Wildman–Crippen MR) is 99.1 cm³/mol. The Labute approximate surface area is 156 Å². The zero-order chi connectivity index (χ0) is 19.3. The summed E-state index contributed by atoms with van der Waals surface area (Å²) in [6, 6.07) is 14.3. The Morgan fingerprint density at radius 3 is 2.48 bits per heavy atom. The van der Waals surface area contributed by atoms with Crippen molar-refractivity contribution in [3.8, 4) is 0 Å². The van der Waals surface area contributed by atoms with Gasteiger partial charge in [0, 0.05) is 24.5 Å². The maximum absolute atomic E-state index is 13.2. The molecule has 27 heavy (non-hydrogen) atoms. The van der Waals surface area contributed by atoms with Crippen LogP contribution >= 0.6 is 0 Å². The number of anilines is 1. The fraction of sp³-hybridized carbons (Fsp3) is 0.0526. The number of carbonyl (C=O) groups excluding carboxylic acids is 1. The van der Waals surface area contributed by atoms with Crippen LogP contribution in [0.1, 0.15) is 15.9 Å². The number of hydrogen-bond acceptors (Lipinski definition) is 4. The first kappa shape index (κ1) is 18.5. The van der Waals surface area contributed by atoms with Gasteiger partial charge in [-0.15, -0.1) is 0 Å². The van der Waals surface area contributed by atoms with Gasteiger partial charge in [-0.05, 0) is 54.1 Å². The van der Waals surface area contributed by atoms with Crippen molar-refractivity contribution in [1.29, 1.82) is 0 Å². The highest BCUT2D eigenvalue weighted by molar-refractivity contribution is 7.92. The minimum atomic E-state index is -3.96. The van der Waals surface area contributed by atoms with Crippen LogP contribution < -0.4 is 10.0 Å². The second kappa shape index (κ2) is 7.96. The molecule has 2 N–H and O–H groups in total. The molecule has 8 heteroatoms. The second-order valence-electron chi connectivity index (χ2n) is 5.68. The fourth-order valence-electron chi connectivity index (χ4n) is 2.36. The molecular weight excluding hydrogens is 369 g/mol. The molecule has 0 saturated heterocycles. The van der Waals surface area contributed by atoms with Crippen LogP contribution in [0.25, 0.3) is 0 Å². The molecule has 3 aromatic rings. The van der Waals surface area contributed by atoms with Gasteiger partial charge in [0.15, 0.2) is 0 Å². The van der Waals surface area contributed by atoms with Crippen molar-refractivity contribution in [1.82, 2.24) is 10.3 Å². The van der Waals surface area contributed by atoms with Gasteiger partial charge in [-0.2, -0.15) is 0 Å². The monoisotopic (exact) mass is 385 g/mol. The van der Waals surface area contributed by atoms with Crippen LogP contribution in [0.4, 0.5) is 10.1 Å². The van der Waals surface area contributed by atoms with Crippen LogP contribution in [-0.4, -0.2) is 19.3 Å². The fourth-order valence-corrected chi connectivity index (χ4v) is 3.45. The summed E-state index contributed by atoms with van der Waals surface area (Å²) >= 11 is 0. The summed E-state index contributed by atoms with van der Waals surface area (Å²) in [5.41, 5.74) is 1.17. The van der Waals surface area contributed by atoms with E-state index in [1.807, 2.05) is 0 Å². The van der Waals surface area contributed by atoms with Gasteiger partial charge in [-0.1, -0.05) is 12.1 Å². The third-order valence-corrected chi connectivity index (χ3v) is 5.06. The number of amides is 1. The van der Waals surface area contributed by atoms with E-state index in [1.165, 1.54) is 42.5 Å². The highest BCUT2D eigenvalue weighted by atomic mass is 32.2. The molecule has 0 aliphatic heterocycles. The first-order chi connectivity index (χ1) is 12.9. The zero-order valence-electron chi connectivity index (χ0n) is 14.1. The molecule has 0 saturated carbocycles. The van der Waals surface area contributed by atoms with Crippen molar-refractivity contribution >= 4 is 21.6 Å². The molecule has 0 aliphatic rings. The van der Waals surface area contributed by atoms with E-state index in [2.05, 4.69) is 15.0 Å². The summed E-state index contributed by atoms with van der Waals surface area (Å²) in [5, 5.41) is 2.72. The smallest absolute Gasteiger partial charge is 0.261 e. The third-order valence-electron chi connectivity index (χ3n) is 3.69. The summed E-state index contributed by atoms with van der Waals surface area (Å²) in [7, 11) is -3.96. The lowest BCUT2D eigenvalue weighted by Gasteiger charge is -2.10. The van der Waals surface area contributed by atoms with Crippen molar-refractivity contribution in [2.24, 2.45) is 0 Å². The van der Waals surface area contributed by atoms with Crippen molar-refractivity contribution in [3.63, 3.8) is 0 Å². The molecule has 3 rings (SSSR count). The summed E-state index contributed by atoms with van der Waals surface area (Å²) < 4.78 is 40.5. The number of halogens is 1. The molecule has 0 radical (unpaired) electrons. The lowest BCUT2D eigenvalue weighted by molar-refractivity contribution is 0.0950. The second-order valence-corrected chi connectivity index (χ2v) is 7.36. The Hall–Kier alpha value is -3.26. The number of benzene rings is 2. The van der Waals surface area contributed by atoms with E-state index in [-0.39, 0.29) is 16.1 Å². The quantitative estimate of drug-likeness (QED) is 0.683. The summed E-state index contributed by atoms with van der Waals surface area (Å²) in [6.07, 6.45) is 3.24. The van der Waals surface area contributed by atoms with Crippen LogP contribution in [0.5, 0.6) is 0 Å². The molecule has 138 valence electrons. The lowest BCUT2D eigenvalue weighted by atomic mass is 10.2. The van der Waals surface area contributed by atoms with Crippen molar-refractivity contribution < 1.29 is 17.6 Å². The Kier molecular flexibility index (Phi) is 5.46. The molecule has 0 atom stereocenters. The van der Waals surface area contributed by atoms with Crippen LogP contribution in [0.15, 0.2) is 78.0 Å². The standard InChI is InChI=1S/C19H16FN3O3S/c20-16-4-2-5-17(12-16)23-27(25,26)18-6-1-3-15(11-18)19(24)22-13-14-7-9-21-10-8-14/h1-12,23H,13H2,(H,22,24). The molecule has 0 aliphatic carbocycles. The number of hydrogen-bond donors (Lipinski definition) is 2. The van der Waals surface area contributed by atoms with E-state index < -0.39 is 21.7 Å². The first-order valence-corrected chi connectivity index (χ1v) is 9.48. The Balaban J connectivity index is 1.75. The van der Waals surface area contributed by atoms with E-state index in [4.69, 9.17) is 0 Å². The van der Waals surface area contributed by atoms with Crippen LogP contribution in [-0.2, 0) is 16.6 Å². The maximum atomic E-state index is 13.2. The number of sulfonamides is 1. The van der Waals surface area contributed by atoms with E-state index in [9.17, 15) is 17.6 Å². The van der Waals surface area contributed by atoms with E-state index in [1.54, 1.807) is 24.5 Å². The normalized spacial score (nSPS) is 11.0. The highest BCUT2D eigenvalue weighted by Crippen LogP contribution is 2.18. The number of rotatable bonds is 6. The zero-order valence-corrected chi connectivity index (χ0v) is 14.9. The molecule has 1 aromatic heterocycles. The average molecular weight is 385 g/mol. The lowest BCUT2D eigenvalue weighted by Crippen LogP contribution is -2.23. The van der Waals surface area contributed by atoms with Crippen LogP contribution in [0.3, 0.4) is 0 Å². The van der Waals surface area contributed by atoms with Gasteiger partial charge in [0.2, 0.25) is 0 Å². The summed E-state index contributed by atoms with van der Waals surface area (Å²) in [6.45, 7) is 0.292. The minimum Gasteiger partial charge on any atom is -0.348 e. The highest BCUT2D eigenvalue weighted by Gasteiger charge is 2.16. The molecule has 0 spiro atoms. The van der Waals surface area contributed by atoms with Crippen molar-refractivity contribution in [2.45, 2.75) is 11.4 Å². The minimum absolute atomic E-state index is 0.0941. The topological polar surface area (TPSA) is 88.2 Å². The van der Waals surface area contributed by atoms with Gasteiger partial charge in [0.25, 0.3) is 15.9 Å². The Morgan fingerprint density at radius 1 is 1.00 bits per heavy atom. The summed E-state index contributed by atoms with van der Waals surface area (Å²) in [4.78, 5) is 16.1. The molecule has 1 heterocycles. The number of nitrogens with one attached hydrogen (secondary N) is 2. The number of pyridine rings is 1. The number of nitrogens with zero attached hydrogens (tertiary/aromatic N) is 1. The SMILES string of the molecule is O=C(NCc1ccncc1)c1cccc(S(=O)(=O)Nc2cccc(F)c2)c1. The first-order valence-electron chi connectivity index (χ1n) is 7.99. The molecular formula is C19H16FN3O3S. The Morgan fingerprint density at radius 2 is 1.74 bits per heavy atom. The van der Waals surface area contributed by atoms with Gasteiger partial charge < -0.3 is 5.32 Å². The van der Waals surface area contributed by atoms with Crippen LogP contribution in [0, 0.1) is 5.82 Å². The van der Waals surface area contributed by atoms with Gasteiger partial charge in [0.1, 0.15) is 5.82 Å². The largest absolute Gasteiger partial charge is 0.348 e. The van der Waals surface area contributed by atoms with Crippen molar-refractivity contribution in [2.75, 3.05) is 4.72 Å². The molecule has 0 fully saturated rings. The maximum Gasteiger partial charge on any atom is 0.261 e. The Bertz CT molecular complexity index is 1060. The molecule has 6 nitrogen and oxygen atoms in total. The van der Waals surface area contributed by atoms with E-state index in [0.29, 0.717) is 6.54 Å². The van der Waals surface area contributed by atoms with Gasteiger partial charge in [-0.3, -0.25) is 14.5 Å². The molecule has 2 aromatic carbocycles. The average Bonchev–Trinajstić information content (AvgIpc) is 2.67.